The first-order chi connectivity index (χ1) is 3.13. The monoisotopic (exact) mass is 246 g/mol. The first-order valence-corrected chi connectivity index (χ1v) is 3.29. The topological polar surface area (TPSA) is 281 Å². The Morgan fingerprint density at radius 2 is 0.769 bits per heavy atom. The third-order valence-corrected chi connectivity index (χ3v) is 1.20. The van der Waals surface area contributed by atoms with Crippen LogP contribution in [0.2, 0.25) is 0 Å². The van der Waals surface area contributed by atoms with E-state index in [4.69, 9.17) is 0 Å². The van der Waals surface area contributed by atoms with Gasteiger partial charge in [-0.25, -0.2) is 18.3 Å². The zero-order chi connectivity index (χ0) is 5.86. The van der Waals surface area contributed by atoms with Crippen molar-refractivity contribution in [1.29, 1.82) is 0 Å². The molecule has 0 bridgehead atoms. The van der Waals surface area contributed by atoms with Crippen LogP contribution in [-0.2, 0) is 33.5 Å². The van der Waals surface area contributed by atoms with Gasteiger partial charge < -0.3 is 35.6 Å². The summed E-state index contributed by atoms with van der Waals surface area (Å²) < 4.78 is 40.1. The van der Waals surface area contributed by atoms with Crippen molar-refractivity contribution < 1.29 is 33.5 Å². The van der Waals surface area contributed by atoms with Crippen molar-refractivity contribution in [3.8, 4) is 0 Å². The lowest BCUT2D eigenvalue weighted by Gasteiger charge is -2.00. The van der Waals surface area contributed by atoms with Crippen LogP contribution in [0.25, 0.3) is 0 Å². The van der Waals surface area contributed by atoms with Gasteiger partial charge in [-0.15, -0.1) is 0 Å². The van der Waals surface area contributed by atoms with Crippen molar-refractivity contribution in [2.24, 2.45) is 0 Å². The number of quaternary nitrogens is 4. The first kappa shape index (κ1) is 54.5. The lowest BCUT2D eigenvalue weighted by molar-refractivity contribution is 0.409. The van der Waals surface area contributed by atoms with Gasteiger partial charge in [0.1, 0.15) is 0 Å². The van der Waals surface area contributed by atoms with E-state index in [2.05, 4.69) is 4.31 Å². The van der Waals surface area contributed by atoms with E-state index in [1.807, 2.05) is 0 Å². The molecule has 0 rings (SSSR count). The van der Waals surface area contributed by atoms with Crippen molar-refractivity contribution in [2.75, 3.05) is 0 Å². The summed E-state index contributed by atoms with van der Waals surface area (Å²) >= 11 is 0. The van der Waals surface area contributed by atoms with Crippen molar-refractivity contribution in [2.45, 2.75) is 0 Å². The zero-order valence-electron chi connectivity index (χ0n) is 7.75. The molecule has 0 aliphatic rings. The van der Waals surface area contributed by atoms with Gasteiger partial charge in [-0.3, -0.25) is 0 Å². The van der Waals surface area contributed by atoms with Crippen LogP contribution in [-0.4, -0.2) is 0 Å². The lowest BCUT2D eigenvalue weighted by Crippen LogP contribution is -1.41. The molecular weight excluding hydrogens is 230 g/mol. The second kappa shape index (κ2) is 30.0. The van der Waals surface area contributed by atoms with Gasteiger partial charge in [-0.1, -0.05) is 0 Å². The minimum atomic E-state index is -3.24. The van der Waals surface area contributed by atoms with Gasteiger partial charge in [0.25, 0.3) is 0 Å². The highest BCUT2D eigenvalue weighted by molar-refractivity contribution is 7.39. The van der Waals surface area contributed by atoms with Crippen LogP contribution in [0.1, 0.15) is 0 Å². The van der Waals surface area contributed by atoms with Gasteiger partial charge in [0, 0.05) is 0 Å². The average Bonchev–Trinajstić information content (AvgIpc) is 1.27. The van der Waals surface area contributed by atoms with Gasteiger partial charge in [0.05, 0.1) is 0 Å². The molecule has 0 unspecified atom stereocenters. The summed E-state index contributed by atoms with van der Waals surface area (Å²) in [7, 11) is -6.47. The Hall–Kier alpha value is -0.480. The lowest BCUT2D eigenvalue weighted by atomic mass is 14.0. The van der Waals surface area contributed by atoms with Crippen LogP contribution < -0.4 is 24.6 Å². The third-order valence-electron chi connectivity index (χ3n) is 0.133. The van der Waals surface area contributed by atoms with E-state index in [1.165, 1.54) is 0 Å². The van der Waals surface area contributed by atoms with Crippen LogP contribution in [0.5, 0.6) is 0 Å². The second-order valence-electron chi connectivity index (χ2n) is 0.529. The van der Waals surface area contributed by atoms with Crippen LogP contribution in [0, 0.1) is 0 Å². The van der Waals surface area contributed by atoms with Crippen LogP contribution in [0.15, 0.2) is 0 Å². The summed E-state index contributed by atoms with van der Waals surface area (Å²) in [6, 6.07) is 0. The average molecular weight is 246 g/mol. The van der Waals surface area contributed by atoms with Gasteiger partial charge in [0.2, 0.25) is 0 Å². The molecular formula is H16N4O7P2. The van der Waals surface area contributed by atoms with E-state index in [0.29, 0.717) is 0 Å². The van der Waals surface area contributed by atoms with Crippen molar-refractivity contribution in [1.82, 2.24) is 24.6 Å². The molecule has 0 aromatic rings. The molecule has 0 heterocycles. The fourth-order valence-electron chi connectivity index (χ4n) is 0.0544. The maximum absolute atomic E-state index is 9.24. The molecule has 0 fully saturated rings. The Balaban J connectivity index is -0.0000000120. The highest BCUT2D eigenvalue weighted by Crippen LogP contribution is 2.19. The molecule has 0 aromatic carbocycles. The molecule has 0 aliphatic heterocycles. The predicted molar refractivity (Wildman–Crippen MR) is 43.0 cm³/mol. The van der Waals surface area contributed by atoms with E-state index in [9.17, 15) is 18.3 Å². The smallest absolute Gasteiger partial charge is 0.481 e. The molecule has 0 radical (unpaired) electrons. The Morgan fingerprint density at radius 3 is 0.769 bits per heavy atom. The van der Waals surface area contributed by atoms with Crippen LogP contribution in [0.3, 0.4) is 0 Å². The van der Waals surface area contributed by atoms with Gasteiger partial charge in [-0.05, 0) is 0 Å². The van der Waals surface area contributed by atoms with Crippen molar-refractivity contribution in [3.05, 3.63) is 0 Å². The Kier molecular flexibility index (Phi) is 126. The summed E-state index contributed by atoms with van der Waals surface area (Å²) in [5, 5.41) is 0. The van der Waals surface area contributed by atoms with E-state index < -0.39 is 15.8 Å². The Bertz CT molecular complexity index is 147. The maximum Gasteiger partial charge on any atom is 0.481 e. The Labute approximate surface area is 75.0 Å². The molecule has 0 saturated heterocycles. The molecule has 0 saturated carbocycles. The summed E-state index contributed by atoms with van der Waals surface area (Å²) in [5.41, 5.74) is 0. The molecule has 0 aromatic heterocycles. The molecule has 13 heteroatoms. The van der Waals surface area contributed by atoms with Crippen LogP contribution in [0.4, 0.5) is 0 Å². The molecule has 0 amide bonds. The standard InChI is InChI=1S/4H3N.O5P2.2O/c;;;;1-6(2)5-7(3)4;;/h4*1H3;;;/q;;;;;2*-2/p+4. The number of hydrogen-bond acceptors (Lipinski definition) is 5. The summed E-state index contributed by atoms with van der Waals surface area (Å²) in [4.78, 5) is 0. The SMILES string of the molecule is O=P(=O)OP(=O)=O.[NH4+].[NH4+].[NH4+].[NH4+].[O-2].[O-2]. The molecule has 88 valence electrons. The van der Waals surface area contributed by atoms with E-state index in [1.54, 1.807) is 0 Å². The minimum Gasteiger partial charge on any atom is -2.00 e. The van der Waals surface area contributed by atoms with E-state index >= 15 is 0 Å². The number of rotatable bonds is 2. The molecule has 0 aliphatic carbocycles. The van der Waals surface area contributed by atoms with Gasteiger partial charge >= 0.3 is 15.8 Å². The molecule has 11 nitrogen and oxygen atoms in total. The van der Waals surface area contributed by atoms with Crippen molar-refractivity contribution in [3.63, 3.8) is 0 Å². The van der Waals surface area contributed by atoms with Crippen LogP contribution >= 0.6 is 15.8 Å². The molecule has 13 heavy (non-hydrogen) atoms. The quantitative estimate of drug-likeness (QED) is 0.531. The highest BCUT2D eigenvalue weighted by atomic mass is 31.2. The fraction of sp³-hybridized carbons (Fsp3) is 0. The largest absolute Gasteiger partial charge is 2.00 e. The zero-order valence-corrected chi connectivity index (χ0v) is 9.54. The maximum atomic E-state index is 9.24. The summed E-state index contributed by atoms with van der Waals surface area (Å²) in [6.07, 6.45) is 0. The minimum absolute atomic E-state index is 0. The fourth-order valence-corrected chi connectivity index (χ4v) is 0.490. The first-order valence-electron chi connectivity index (χ1n) is 1.10. The van der Waals surface area contributed by atoms with E-state index in [0.717, 1.165) is 0 Å². The molecule has 0 spiro atoms. The van der Waals surface area contributed by atoms with Crippen molar-refractivity contribution >= 4 is 15.8 Å². The summed E-state index contributed by atoms with van der Waals surface area (Å²) in [6.45, 7) is 0. The highest BCUT2D eigenvalue weighted by Gasteiger charge is 1.92. The number of hydrogen-bond donors (Lipinski definition) is 4. The Morgan fingerprint density at radius 1 is 0.615 bits per heavy atom. The van der Waals surface area contributed by atoms with E-state index in [-0.39, 0.29) is 35.6 Å². The summed E-state index contributed by atoms with van der Waals surface area (Å²) in [5.74, 6) is 0. The predicted octanol–water partition coefficient (Wildman–Crippen LogP) is 2.45. The third kappa shape index (κ3) is 84.3. The molecule has 0 atom stereocenters. The second-order valence-corrected chi connectivity index (χ2v) is 2.08. The van der Waals surface area contributed by atoms with Gasteiger partial charge in [-0.2, -0.15) is 4.31 Å². The molecule has 16 N–H and O–H groups in total. The normalized spacial score (nSPS) is 4.31. The van der Waals surface area contributed by atoms with Gasteiger partial charge in [0.15, 0.2) is 0 Å².